The Morgan fingerprint density at radius 1 is 0.727 bits per heavy atom. The Morgan fingerprint density at radius 3 is 2.02 bits per heavy atom. The molecule has 0 spiro atoms. The third-order valence-electron chi connectivity index (χ3n) is 9.58. The molecule has 0 saturated heterocycles. The molecule has 44 heavy (non-hydrogen) atoms. The number of halogens is 7. The molecule has 0 radical (unpaired) electrons. The number of fused-ring (bicyclic) bond motifs is 1. The fourth-order valence-electron chi connectivity index (χ4n) is 7.11. The van der Waals surface area contributed by atoms with E-state index in [1.54, 1.807) is 0 Å². The minimum atomic E-state index is -5.00. The maximum atomic E-state index is 15.8. The van der Waals surface area contributed by atoms with Crippen molar-refractivity contribution in [1.82, 2.24) is 0 Å². The summed E-state index contributed by atoms with van der Waals surface area (Å²) in [4.78, 5) is 0. The molecule has 2 aliphatic rings. The van der Waals surface area contributed by atoms with E-state index in [1.165, 1.54) is 36.5 Å². The van der Waals surface area contributed by atoms with E-state index in [2.05, 4.69) is 35.9 Å². The number of aryl methyl sites for hydroxylation is 2. The zero-order chi connectivity index (χ0) is 31.4. The SMILES string of the molecule is CCCCCc1ccc(CCC2CCc3c(F)c(C4CCC(c5ccc(OC(F)(F)F)c(F)c5)CC4)c(F)c(F)c3C2)cc1. The average Bonchev–Trinajstić information content (AvgIpc) is 3.00. The quantitative estimate of drug-likeness (QED) is 0.124. The Hall–Kier alpha value is -3.03. The number of unbranched alkanes of at least 4 members (excludes halogenated alkanes) is 2. The third-order valence-corrected chi connectivity index (χ3v) is 9.58. The molecule has 0 aromatic heterocycles. The number of alkyl halides is 3. The van der Waals surface area contributed by atoms with Gasteiger partial charge in [-0.15, -0.1) is 13.2 Å². The van der Waals surface area contributed by atoms with Crippen LogP contribution in [-0.2, 0) is 25.7 Å². The zero-order valence-electron chi connectivity index (χ0n) is 25.0. The molecule has 1 unspecified atom stereocenters. The zero-order valence-corrected chi connectivity index (χ0v) is 25.0. The summed E-state index contributed by atoms with van der Waals surface area (Å²) < 4.78 is 102. The summed E-state index contributed by atoms with van der Waals surface area (Å²) in [6, 6.07) is 12.0. The largest absolute Gasteiger partial charge is 0.573 e. The Bertz CT molecular complexity index is 1420. The van der Waals surface area contributed by atoms with Gasteiger partial charge in [-0.1, -0.05) is 50.1 Å². The highest BCUT2D eigenvalue weighted by atomic mass is 19.4. The van der Waals surface area contributed by atoms with E-state index in [4.69, 9.17) is 0 Å². The van der Waals surface area contributed by atoms with Crippen LogP contribution >= 0.6 is 0 Å². The van der Waals surface area contributed by atoms with Crippen molar-refractivity contribution in [3.8, 4) is 5.75 Å². The fourth-order valence-corrected chi connectivity index (χ4v) is 7.11. The van der Waals surface area contributed by atoms with Crippen LogP contribution in [0.25, 0.3) is 0 Å². The molecule has 2 aliphatic carbocycles. The van der Waals surface area contributed by atoms with Gasteiger partial charge in [0.15, 0.2) is 23.2 Å². The predicted octanol–water partition coefficient (Wildman–Crippen LogP) is 11.1. The van der Waals surface area contributed by atoms with Crippen molar-refractivity contribution >= 4 is 0 Å². The smallest absolute Gasteiger partial charge is 0.403 e. The van der Waals surface area contributed by atoms with Gasteiger partial charge in [-0.3, -0.25) is 0 Å². The molecule has 238 valence electrons. The minimum Gasteiger partial charge on any atom is -0.403 e. The van der Waals surface area contributed by atoms with Crippen molar-refractivity contribution in [2.75, 3.05) is 0 Å². The number of rotatable bonds is 10. The number of ether oxygens (including phenoxy) is 1. The van der Waals surface area contributed by atoms with E-state index in [9.17, 15) is 17.6 Å². The van der Waals surface area contributed by atoms with Crippen molar-refractivity contribution in [3.05, 3.63) is 99.1 Å². The van der Waals surface area contributed by atoms with Crippen LogP contribution in [0.1, 0.15) is 110 Å². The van der Waals surface area contributed by atoms with Gasteiger partial charge in [0.2, 0.25) is 0 Å². The number of hydrogen-bond acceptors (Lipinski definition) is 1. The third kappa shape index (κ3) is 7.60. The molecule has 0 amide bonds. The first-order chi connectivity index (χ1) is 21.0. The van der Waals surface area contributed by atoms with Crippen molar-refractivity contribution in [1.29, 1.82) is 0 Å². The molecule has 0 heterocycles. The molecule has 5 rings (SSSR count). The van der Waals surface area contributed by atoms with Gasteiger partial charge < -0.3 is 4.74 Å². The van der Waals surface area contributed by atoms with Crippen molar-refractivity contribution < 1.29 is 35.5 Å². The van der Waals surface area contributed by atoms with Gasteiger partial charge >= 0.3 is 6.36 Å². The summed E-state index contributed by atoms with van der Waals surface area (Å²) in [5, 5.41) is 0. The highest BCUT2D eigenvalue weighted by molar-refractivity contribution is 5.41. The van der Waals surface area contributed by atoms with Crippen LogP contribution in [-0.4, -0.2) is 6.36 Å². The van der Waals surface area contributed by atoms with Crippen LogP contribution in [0.15, 0.2) is 42.5 Å². The number of benzene rings is 3. The van der Waals surface area contributed by atoms with Gasteiger partial charge in [0.1, 0.15) is 5.82 Å². The Kier molecular flexibility index (Phi) is 10.3. The predicted molar refractivity (Wildman–Crippen MR) is 157 cm³/mol. The lowest BCUT2D eigenvalue weighted by Gasteiger charge is -2.32. The number of hydrogen-bond donors (Lipinski definition) is 0. The van der Waals surface area contributed by atoms with Crippen molar-refractivity contribution in [2.45, 2.75) is 109 Å². The van der Waals surface area contributed by atoms with Gasteiger partial charge in [-0.25, -0.2) is 17.6 Å². The second-order valence-electron chi connectivity index (χ2n) is 12.5. The first-order valence-electron chi connectivity index (χ1n) is 15.8. The summed E-state index contributed by atoms with van der Waals surface area (Å²) in [6.07, 6.45) is 4.35. The van der Waals surface area contributed by atoms with Crippen LogP contribution in [0, 0.1) is 29.2 Å². The lowest BCUT2D eigenvalue weighted by atomic mass is 9.73. The van der Waals surface area contributed by atoms with Crippen LogP contribution < -0.4 is 4.74 Å². The molecule has 0 aliphatic heterocycles. The Morgan fingerprint density at radius 2 is 1.39 bits per heavy atom. The van der Waals surface area contributed by atoms with Crippen molar-refractivity contribution in [2.24, 2.45) is 5.92 Å². The summed E-state index contributed by atoms with van der Waals surface area (Å²) in [5.74, 6) is -5.28. The van der Waals surface area contributed by atoms with Gasteiger partial charge in [-0.2, -0.15) is 0 Å². The Labute approximate surface area is 254 Å². The summed E-state index contributed by atoms with van der Waals surface area (Å²) >= 11 is 0. The molecule has 3 aromatic rings. The van der Waals surface area contributed by atoms with Crippen LogP contribution in [0.4, 0.5) is 30.7 Å². The molecule has 1 fully saturated rings. The molecule has 1 saturated carbocycles. The molecular formula is C36H39F7O. The molecule has 0 N–H and O–H groups in total. The average molecular weight is 621 g/mol. The van der Waals surface area contributed by atoms with Gasteiger partial charge in [-0.05, 0) is 128 Å². The maximum Gasteiger partial charge on any atom is 0.573 e. The second kappa shape index (κ2) is 13.9. The minimum absolute atomic E-state index is 0.148. The highest BCUT2D eigenvalue weighted by Crippen LogP contribution is 2.45. The highest BCUT2D eigenvalue weighted by Gasteiger charge is 2.35. The van der Waals surface area contributed by atoms with E-state index in [0.29, 0.717) is 44.1 Å². The van der Waals surface area contributed by atoms with Gasteiger partial charge in [0.05, 0.1) is 0 Å². The Balaban J connectivity index is 1.20. The monoisotopic (exact) mass is 620 g/mol. The van der Waals surface area contributed by atoms with E-state index >= 15 is 13.2 Å². The fraction of sp³-hybridized carbons (Fsp3) is 0.500. The van der Waals surface area contributed by atoms with E-state index in [0.717, 1.165) is 37.8 Å². The molecule has 1 atom stereocenters. The van der Waals surface area contributed by atoms with Crippen LogP contribution in [0.3, 0.4) is 0 Å². The van der Waals surface area contributed by atoms with E-state index in [-0.39, 0.29) is 28.5 Å². The molecule has 0 bridgehead atoms. The standard InChI is InChI=1S/C36H39F7O/c1-2-3-4-5-22-6-8-23(9-7-22)10-11-24-12-18-28-29(20-24)34(39)35(40)32(33(28)38)26-15-13-25(14-16-26)27-17-19-31(30(37)21-27)44-36(41,42)43/h6-9,17,19,21,24-26H,2-5,10-16,18,20H2,1H3. The van der Waals surface area contributed by atoms with E-state index in [1.807, 2.05) is 0 Å². The van der Waals surface area contributed by atoms with Crippen LogP contribution in [0.2, 0.25) is 0 Å². The lowest BCUT2D eigenvalue weighted by Crippen LogP contribution is -2.23. The van der Waals surface area contributed by atoms with E-state index < -0.39 is 41.3 Å². The topological polar surface area (TPSA) is 9.23 Å². The van der Waals surface area contributed by atoms with Gasteiger partial charge in [0.25, 0.3) is 0 Å². The molecular weight excluding hydrogens is 581 g/mol. The molecule has 1 nitrogen and oxygen atoms in total. The summed E-state index contributed by atoms with van der Waals surface area (Å²) in [6.45, 7) is 2.19. The second-order valence-corrected chi connectivity index (χ2v) is 12.5. The molecule has 8 heteroatoms. The normalized spacial score (nSPS) is 20.4. The summed E-state index contributed by atoms with van der Waals surface area (Å²) in [5.41, 5.74) is 3.30. The van der Waals surface area contributed by atoms with Crippen LogP contribution in [0.5, 0.6) is 5.75 Å². The lowest BCUT2D eigenvalue weighted by molar-refractivity contribution is -0.275. The summed E-state index contributed by atoms with van der Waals surface area (Å²) in [7, 11) is 0. The first kappa shape index (κ1) is 32.4. The van der Waals surface area contributed by atoms with Gasteiger partial charge in [0, 0.05) is 5.56 Å². The molecule has 3 aromatic carbocycles. The first-order valence-corrected chi connectivity index (χ1v) is 15.8. The maximum absolute atomic E-state index is 15.8. The van der Waals surface area contributed by atoms with Crippen molar-refractivity contribution in [3.63, 3.8) is 0 Å².